The van der Waals surface area contributed by atoms with Crippen LogP contribution in [0.3, 0.4) is 0 Å². The van der Waals surface area contributed by atoms with Gasteiger partial charge < -0.3 is 26.2 Å². The first-order chi connectivity index (χ1) is 14.9. The molecule has 8 heteroatoms. The second kappa shape index (κ2) is 12.5. The van der Waals surface area contributed by atoms with Crippen molar-refractivity contribution in [1.29, 1.82) is 0 Å². The van der Waals surface area contributed by atoms with Gasteiger partial charge in [0.1, 0.15) is 17.4 Å². The van der Waals surface area contributed by atoms with Gasteiger partial charge in [-0.25, -0.2) is 9.37 Å². The first-order valence-electron chi connectivity index (χ1n) is 10.1. The van der Waals surface area contributed by atoms with Crippen LogP contribution in [0.5, 0.6) is 5.75 Å². The molecule has 0 radical (unpaired) electrons. The number of nitrogens with two attached hydrogens (primary N) is 1. The van der Waals surface area contributed by atoms with E-state index in [1.165, 1.54) is 6.07 Å². The summed E-state index contributed by atoms with van der Waals surface area (Å²) in [6, 6.07) is 14.2. The number of aliphatic hydroxyl groups excluding tert-OH is 1. The molecule has 0 unspecified atom stereocenters. The number of hydrogen-bond acceptors (Lipinski definition) is 7. The average Bonchev–Trinajstić information content (AvgIpc) is 2.72. The van der Waals surface area contributed by atoms with E-state index < -0.39 is 0 Å². The Hall–Kier alpha value is -3.23. The number of aryl methyl sites for hydroxylation is 1. The Morgan fingerprint density at radius 3 is 2.48 bits per heavy atom. The minimum atomic E-state index is -0.342. The topological polar surface area (TPSA) is 105 Å². The lowest BCUT2D eigenvalue weighted by molar-refractivity contribution is 0.233. The number of aliphatic hydroxyl groups is 1. The molecule has 0 saturated carbocycles. The van der Waals surface area contributed by atoms with Crippen molar-refractivity contribution in [2.24, 2.45) is 5.73 Å². The Bertz CT molecular complexity index is 933. The van der Waals surface area contributed by atoms with E-state index in [0.29, 0.717) is 36.5 Å². The van der Waals surface area contributed by atoms with Crippen molar-refractivity contribution in [3.05, 3.63) is 66.1 Å². The van der Waals surface area contributed by atoms with Gasteiger partial charge >= 0.3 is 0 Å². The summed E-state index contributed by atoms with van der Waals surface area (Å²) in [5.41, 5.74) is 7.22. The van der Waals surface area contributed by atoms with E-state index in [2.05, 4.69) is 20.6 Å². The smallest absolute Gasteiger partial charge is 0.229 e. The molecular formula is C23H30FN5O2. The molecule has 7 nitrogen and oxygen atoms in total. The molecule has 0 spiro atoms. The molecular weight excluding hydrogens is 397 g/mol. The standard InChI is InChI=1S/C20H21FN4O2.C3H9N/c1-14-3-8-17(21)18(13-14)24-19-9-10-22-20(25-19)23-15-4-6-16(7-5-15)27-12-2-11-26;1-3(2)4/h3-10,13,26H,2,11-12H2,1H3,(H2,22,23,24,25);3H,4H2,1-2H3. The lowest BCUT2D eigenvalue weighted by Gasteiger charge is -2.10. The number of nitrogens with zero attached hydrogens (tertiary/aromatic N) is 2. The molecule has 166 valence electrons. The Balaban J connectivity index is 0.000000785. The van der Waals surface area contributed by atoms with Gasteiger partial charge in [0, 0.05) is 24.9 Å². The quantitative estimate of drug-likeness (QED) is 0.392. The van der Waals surface area contributed by atoms with Crippen molar-refractivity contribution >= 4 is 23.1 Å². The van der Waals surface area contributed by atoms with E-state index in [9.17, 15) is 4.39 Å². The van der Waals surface area contributed by atoms with Crippen LogP contribution in [-0.2, 0) is 0 Å². The van der Waals surface area contributed by atoms with Crippen LogP contribution in [0.25, 0.3) is 0 Å². The fraction of sp³-hybridized carbons (Fsp3) is 0.304. The number of benzene rings is 2. The highest BCUT2D eigenvalue weighted by atomic mass is 19.1. The van der Waals surface area contributed by atoms with Crippen molar-refractivity contribution in [1.82, 2.24) is 9.97 Å². The van der Waals surface area contributed by atoms with Crippen molar-refractivity contribution in [3.8, 4) is 5.75 Å². The van der Waals surface area contributed by atoms with E-state index in [-0.39, 0.29) is 12.4 Å². The van der Waals surface area contributed by atoms with Crippen LogP contribution in [0.1, 0.15) is 25.8 Å². The molecule has 31 heavy (non-hydrogen) atoms. The van der Waals surface area contributed by atoms with Crippen LogP contribution in [0.4, 0.5) is 27.5 Å². The number of hydrogen-bond donors (Lipinski definition) is 4. The first kappa shape index (κ1) is 24.0. The lowest BCUT2D eigenvalue weighted by Crippen LogP contribution is -2.06. The van der Waals surface area contributed by atoms with Crippen LogP contribution < -0.4 is 21.1 Å². The summed E-state index contributed by atoms with van der Waals surface area (Å²) in [4.78, 5) is 8.54. The zero-order valence-electron chi connectivity index (χ0n) is 18.1. The molecule has 2 aromatic carbocycles. The Morgan fingerprint density at radius 2 is 1.81 bits per heavy atom. The molecule has 0 aliphatic carbocycles. The van der Waals surface area contributed by atoms with Gasteiger partial charge in [0.15, 0.2) is 0 Å². The van der Waals surface area contributed by atoms with Crippen molar-refractivity contribution in [3.63, 3.8) is 0 Å². The van der Waals surface area contributed by atoms with Crippen LogP contribution in [0.2, 0.25) is 0 Å². The van der Waals surface area contributed by atoms with E-state index in [4.69, 9.17) is 15.6 Å². The Kier molecular flexibility index (Phi) is 9.67. The van der Waals surface area contributed by atoms with E-state index >= 15 is 0 Å². The Labute approximate surface area is 182 Å². The molecule has 3 aromatic rings. The van der Waals surface area contributed by atoms with E-state index in [0.717, 1.165) is 17.0 Å². The number of halogens is 1. The van der Waals surface area contributed by atoms with Gasteiger partial charge in [-0.2, -0.15) is 4.98 Å². The number of ether oxygens (including phenoxy) is 1. The molecule has 0 fully saturated rings. The van der Waals surface area contributed by atoms with Crippen molar-refractivity contribution in [2.45, 2.75) is 33.2 Å². The zero-order chi connectivity index (χ0) is 22.6. The molecule has 0 bridgehead atoms. The highest BCUT2D eigenvalue weighted by molar-refractivity contribution is 5.60. The normalized spacial score (nSPS) is 10.3. The zero-order valence-corrected chi connectivity index (χ0v) is 18.1. The second-order valence-electron chi connectivity index (χ2n) is 7.19. The first-order valence-corrected chi connectivity index (χ1v) is 10.1. The van der Waals surface area contributed by atoms with Gasteiger partial charge in [0.05, 0.1) is 12.3 Å². The maximum atomic E-state index is 13.9. The average molecular weight is 428 g/mol. The van der Waals surface area contributed by atoms with Gasteiger partial charge in [0.2, 0.25) is 5.95 Å². The van der Waals surface area contributed by atoms with Gasteiger partial charge in [-0.1, -0.05) is 19.9 Å². The Morgan fingerprint density at radius 1 is 1.10 bits per heavy atom. The third-order valence-electron chi connectivity index (χ3n) is 3.72. The van der Waals surface area contributed by atoms with E-state index in [1.807, 2.05) is 45.0 Å². The van der Waals surface area contributed by atoms with Gasteiger partial charge in [-0.05, 0) is 61.0 Å². The number of nitrogens with one attached hydrogen (secondary N) is 2. The molecule has 0 saturated heterocycles. The highest BCUT2D eigenvalue weighted by Gasteiger charge is 2.05. The molecule has 1 aromatic heterocycles. The minimum Gasteiger partial charge on any atom is -0.494 e. The molecule has 0 aliphatic rings. The van der Waals surface area contributed by atoms with Crippen LogP contribution in [0.15, 0.2) is 54.7 Å². The lowest BCUT2D eigenvalue weighted by atomic mass is 10.2. The van der Waals surface area contributed by atoms with Crippen molar-refractivity contribution < 1.29 is 14.2 Å². The molecule has 3 rings (SSSR count). The van der Waals surface area contributed by atoms with Crippen LogP contribution in [0, 0.1) is 12.7 Å². The SMILES string of the molecule is CC(C)N.Cc1ccc(F)c(Nc2ccnc(Nc3ccc(OCCCO)cc3)n2)c1. The highest BCUT2D eigenvalue weighted by Crippen LogP contribution is 2.22. The second-order valence-corrected chi connectivity index (χ2v) is 7.19. The summed E-state index contributed by atoms with van der Waals surface area (Å²) in [5, 5.41) is 14.8. The third kappa shape index (κ3) is 8.98. The maximum absolute atomic E-state index is 13.9. The van der Waals surface area contributed by atoms with Crippen LogP contribution in [-0.4, -0.2) is 34.3 Å². The minimum absolute atomic E-state index is 0.105. The molecule has 0 amide bonds. The summed E-state index contributed by atoms with van der Waals surface area (Å²) in [7, 11) is 0. The summed E-state index contributed by atoms with van der Waals surface area (Å²) in [5.74, 6) is 1.26. The summed E-state index contributed by atoms with van der Waals surface area (Å²) in [6.45, 7) is 6.36. The predicted molar refractivity (Wildman–Crippen MR) is 123 cm³/mol. The van der Waals surface area contributed by atoms with Crippen molar-refractivity contribution in [2.75, 3.05) is 23.8 Å². The maximum Gasteiger partial charge on any atom is 0.229 e. The van der Waals surface area contributed by atoms with Crippen LogP contribution >= 0.6 is 0 Å². The fourth-order valence-corrected chi connectivity index (χ4v) is 2.38. The monoisotopic (exact) mass is 427 g/mol. The predicted octanol–water partition coefficient (Wildman–Crippen LogP) is 4.53. The summed E-state index contributed by atoms with van der Waals surface area (Å²) < 4.78 is 19.4. The van der Waals surface area contributed by atoms with Gasteiger partial charge in [-0.3, -0.25) is 0 Å². The molecule has 0 aliphatic heterocycles. The number of rotatable bonds is 8. The summed E-state index contributed by atoms with van der Waals surface area (Å²) in [6.07, 6.45) is 2.19. The molecule has 0 atom stereocenters. The number of anilines is 4. The molecule has 5 N–H and O–H groups in total. The largest absolute Gasteiger partial charge is 0.494 e. The molecule has 1 heterocycles. The third-order valence-corrected chi connectivity index (χ3v) is 3.72. The van der Waals surface area contributed by atoms with Gasteiger partial charge in [0.25, 0.3) is 0 Å². The van der Waals surface area contributed by atoms with E-state index in [1.54, 1.807) is 24.4 Å². The number of aromatic nitrogens is 2. The summed E-state index contributed by atoms with van der Waals surface area (Å²) >= 11 is 0. The van der Waals surface area contributed by atoms with Gasteiger partial charge in [-0.15, -0.1) is 0 Å². The fourth-order valence-electron chi connectivity index (χ4n) is 2.38.